The molecule has 0 amide bonds. The fourth-order valence-corrected chi connectivity index (χ4v) is 5.25. The minimum absolute atomic E-state index is 1.12. The predicted molar refractivity (Wildman–Crippen MR) is 76.0 cm³/mol. The molecule has 1 aromatic rings. The third-order valence-electron chi connectivity index (χ3n) is 2.20. The molecule has 1 aromatic carbocycles. The Morgan fingerprint density at radius 3 is 2.47 bits per heavy atom. The van der Waals surface area contributed by atoms with Gasteiger partial charge in [0.25, 0.3) is 0 Å². The fourth-order valence-electron chi connectivity index (χ4n) is 1.30. The van der Waals surface area contributed by atoms with Crippen molar-refractivity contribution in [2.24, 2.45) is 0 Å². The average molecular weight is 236 g/mol. The van der Waals surface area contributed by atoms with Crippen LogP contribution in [0, 0.1) is 0 Å². The van der Waals surface area contributed by atoms with E-state index in [1.165, 1.54) is 16.7 Å². The van der Waals surface area contributed by atoms with Crippen LogP contribution in [0.2, 0.25) is 13.1 Å². The molecule has 0 unspecified atom stereocenters. The molecule has 0 atom stereocenters. The van der Waals surface area contributed by atoms with Crippen LogP contribution in [0.1, 0.15) is 12.5 Å². The molecular weight excluding hydrogens is 216 g/mol. The Hall–Kier alpha value is -0.473. The molecule has 0 aliphatic heterocycles. The van der Waals surface area contributed by atoms with Gasteiger partial charge in [-0.05, 0) is 16.7 Å². The molecule has 0 aliphatic carbocycles. The summed E-state index contributed by atoms with van der Waals surface area (Å²) in [6, 6.07) is 10.6. The molecule has 0 spiro atoms. The second-order valence-corrected chi connectivity index (χ2v) is 10.8. The van der Waals surface area contributed by atoms with E-state index in [0.717, 1.165) is 0 Å². The Balaban J connectivity index is 2.56. The third kappa shape index (κ3) is 5.24. The molecule has 2 heteroatoms. The molecule has 15 heavy (non-hydrogen) atoms. The first-order valence-corrected chi connectivity index (χ1v) is 9.90. The molecule has 0 N–H and O–H groups in total. The van der Waals surface area contributed by atoms with Crippen molar-refractivity contribution in [2.45, 2.75) is 20.0 Å². The van der Waals surface area contributed by atoms with Crippen LogP contribution in [0.3, 0.4) is 0 Å². The highest BCUT2D eigenvalue weighted by Crippen LogP contribution is 2.14. The highest BCUT2D eigenvalue weighted by molar-refractivity contribution is 8.00. The van der Waals surface area contributed by atoms with Gasteiger partial charge >= 0.3 is 0 Å². The summed E-state index contributed by atoms with van der Waals surface area (Å²) >= 11 is 2.06. The maximum Gasteiger partial charge on any atom is 0.0816 e. The molecule has 0 aromatic heterocycles. The molecule has 1 rings (SSSR count). The lowest BCUT2D eigenvalue weighted by Gasteiger charge is -2.16. The number of hydrogen-bond donors (Lipinski definition) is 0. The normalized spacial score (nSPS) is 12.2. The van der Waals surface area contributed by atoms with E-state index in [1.54, 1.807) is 0 Å². The van der Waals surface area contributed by atoms with Gasteiger partial charge in [0.1, 0.15) is 0 Å². The Labute approximate surface area is 98.8 Å². The molecule has 0 nitrogen and oxygen atoms in total. The van der Waals surface area contributed by atoms with Crippen LogP contribution >= 0.6 is 11.8 Å². The van der Waals surface area contributed by atoms with Gasteiger partial charge in [0.15, 0.2) is 0 Å². The summed E-state index contributed by atoms with van der Waals surface area (Å²) < 4.78 is 0. The average Bonchev–Trinajstić information content (AvgIpc) is 2.25. The SMILES string of the molecule is CCSC[Si](C)(C)/C=C\c1ccccc1. The van der Waals surface area contributed by atoms with Crippen molar-refractivity contribution in [2.75, 3.05) is 11.1 Å². The summed E-state index contributed by atoms with van der Waals surface area (Å²) in [6.45, 7) is 7.08. The van der Waals surface area contributed by atoms with Crippen molar-refractivity contribution in [3.8, 4) is 0 Å². The second-order valence-electron chi connectivity index (χ2n) is 4.37. The smallest absolute Gasteiger partial charge is 0.0816 e. The summed E-state index contributed by atoms with van der Waals surface area (Å²) in [5.74, 6) is 1.23. The Bertz CT molecular complexity index is 304. The lowest BCUT2D eigenvalue weighted by molar-refractivity contribution is 1.52. The monoisotopic (exact) mass is 236 g/mol. The van der Waals surface area contributed by atoms with E-state index in [0.29, 0.717) is 0 Å². The lowest BCUT2D eigenvalue weighted by atomic mass is 10.2. The number of hydrogen-bond acceptors (Lipinski definition) is 1. The first-order valence-electron chi connectivity index (χ1n) is 5.46. The molecule has 0 saturated carbocycles. The minimum atomic E-state index is -1.12. The first kappa shape index (κ1) is 12.6. The van der Waals surface area contributed by atoms with Gasteiger partial charge in [-0.3, -0.25) is 0 Å². The Kier molecular flexibility index (Phi) is 5.19. The van der Waals surface area contributed by atoms with Crippen LogP contribution in [0.5, 0.6) is 0 Å². The highest BCUT2D eigenvalue weighted by Gasteiger charge is 2.15. The Morgan fingerprint density at radius 1 is 1.20 bits per heavy atom. The van der Waals surface area contributed by atoms with E-state index in [9.17, 15) is 0 Å². The topological polar surface area (TPSA) is 0 Å². The summed E-state index contributed by atoms with van der Waals surface area (Å²) in [7, 11) is -1.12. The van der Waals surface area contributed by atoms with Crippen LogP contribution in [0.25, 0.3) is 6.08 Å². The largest absolute Gasteiger partial charge is 0.165 e. The zero-order chi connectivity index (χ0) is 11.1. The van der Waals surface area contributed by atoms with E-state index in [2.05, 4.69) is 73.9 Å². The van der Waals surface area contributed by atoms with Crippen molar-refractivity contribution in [3.05, 3.63) is 41.6 Å². The lowest BCUT2D eigenvalue weighted by Crippen LogP contribution is -2.26. The number of benzene rings is 1. The van der Waals surface area contributed by atoms with E-state index >= 15 is 0 Å². The molecule has 0 radical (unpaired) electrons. The molecule has 0 fully saturated rings. The van der Waals surface area contributed by atoms with Crippen molar-refractivity contribution in [1.29, 1.82) is 0 Å². The van der Waals surface area contributed by atoms with Crippen molar-refractivity contribution in [3.63, 3.8) is 0 Å². The van der Waals surface area contributed by atoms with Gasteiger partial charge in [0.05, 0.1) is 8.07 Å². The van der Waals surface area contributed by atoms with Gasteiger partial charge in [-0.2, -0.15) is 11.8 Å². The number of thioether (sulfide) groups is 1. The van der Waals surface area contributed by atoms with Crippen molar-refractivity contribution < 1.29 is 0 Å². The molecule has 0 bridgehead atoms. The maximum atomic E-state index is 2.45. The quantitative estimate of drug-likeness (QED) is 0.689. The number of rotatable bonds is 5. The van der Waals surface area contributed by atoms with Crippen LogP contribution in [-0.4, -0.2) is 19.2 Å². The zero-order valence-corrected chi connectivity index (χ0v) is 11.7. The van der Waals surface area contributed by atoms with E-state index in [-0.39, 0.29) is 0 Å². The van der Waals surface area contributed by atoms with Gasteiger partial charge in [0.2, 0.25) is 0 Å². The third-order valence-corrected chi connectivity index (χ3v) is 7.47. The van der Waals surface area contributed by atoms with Gasteiger partial charge in [0, 0.05) is 0 Å². The van der Waals surface area contributed by atoms with E-state index in [4.69, 9.17) is 0 Å². The van der Waals surface area contributed by atoms with Crippen molar-refractivity contribution >= 4 is 25.9 Å². The second kappa shape index (κ2) is 6.18. The van der Waals surface area contributed by atoms with E-state index in [1.807, 2.05) is 0 Å². The van der Waals surface area contributed by atoms with Gasteiger partial charge in [-0.1, -0.05) is 62.1 Å². The summed E-state index contributed by atoms with van der Waals surface area (Å²) in [5, 5.41) is 1.33. The van der Waals surface area contributed by atoms with Crippen LogP contribution in [0.15, 0.2) is 36.0 Å². The molecule has 0 aliphatic rings. The molecular formula is C13H20SSi. The zero-order valence-electron chi connectivity index (χ0n) is 9.86. The van der Waals surface area contributed by atoms with Gasteiger partial charge in [-0.25, -0.2) is 0 Å². The maximum absolute atomic E-state index is 2.45. The molecule has 0 heterocycles. The molecule has 0 saturated heterocycles. The standard InChI is InChI=1S/C13H20SSi/c1-4-14-12-15(2,3)11-10-13-8-6-5-7-9-13/h5-11H,4,12H2,1-3H3/b11-10-. The first-order chi connectivity index (χ1) is 7.14. The van der Waals surface area contributed by atoms with E-state index < -0.39 is 8.07 Å². The van der Waals surface area contributed by atoms with Gasteiger partial charge in [-0.15, -0.1) is 0 Å². The van der Waals surface area contributed by atoms with Crippen LogP contribution in [0.4, 0.5) is 0 Å². The van der Waals surface area contributed by atoms with Crippen LogP contribution < -0.4 is 0 Å². The summed E-state index contributed by atoms with van der Waals surface area (Å²) in [4.78, 5) is 0. The molecule has 82 valence electrons. The van der Waals surface area contributed by atoms with Crippen LogP contribution in [-0.2, 0) is 0 Å². The summed E-state index contributed by atoms with van der Waals surface area (Å²) in [5.41, 5.74) is 3.77. The fraction of sp³-hybridized carbons (Fsp3) is 0.385. The highest BCUT2D eigenvalue weighted by atomic mass is 32.2. The Morgan fingerprint density at radius 2 is 1.87 bits per heavy atom. The van der Waals surface area contributed by atoms with Gasteiger partial charge < -0.3 is 0 Å². The minimum Gasteiger partial charge on any atom is -0.165 e. The predicted octanol–water partition coefficient (Wildman–Crippen LogP) is 4.24. The summed E-state index contributed by atoms with van der Waals surface area (Å²) in [6.07, 6.45) is 2.28. The van der Waals surface area contributed by atoms with Crippen molar-refractivity contribution in [1.82, 2.24) is 0 Å².